The Labute approximate surface area is 233 Å². The van der Waals surface area contributed by atoms with Crippen LogP contribution in [0.2, 0.25) is 0 Å². The highest BCUT2D eigenvalue weighted by Crippen LogP contribution is 2.41. The van der Waals surface area contributed by atoms with Crippen molar-refractivity contribution in [2.24, 2.45) is 0 Å². The molecule has 5 rings (SSSR count). The van der Waals surface area contributed by atoms with Crippen molar-refractivity contribution in [2.45, 2.75) is 74.7 Å². The first kappa shape index (κ1) is 27.6. The summed E-state index contributed by atoms with van der Waals surface area (Å²) in [6, 6.07) is 7.45. The summed E-state index contributed by atoms with van der Waals surface area (Å²) in [6.07, 6.45) is 4.82. The van der Waals surface area contributed by atoms with E-state index in [-0.39, 0.29) is 24.2 Å². The molecule has 2 aromatic heterocycles. The fourth-order valence-electron chi connectivity index (χ4n) is 5.19. The summed E-state index contributed by atoms with van der Waals surface area (Å²) in [7, 11) is -1.62. The molecule has 2 aliphatic rings. The fourth-order valence-corrected chi connectivity index (χ4v) is 8.41. The molecule has 2 fully saturated rings. The Hall–Kier alpha value is -2.96. The highest BCUT2D eigenvalue weighted by Gasteiger charge is 2.38. The summed E-state index contributed by atoms with van der Waals surface area (Å²) in [6.45, 7) is 6.63. The number of hydrogen-bond acceptors (Lipinski definition) is 9. The molecule has 1 amide bonds. The van der Waals surface area contributed by atoms with Gasteiger partial charge in [0.05, 0.1) is 26.1 Å². The number of rotatable bonds is 8. The first-order valence-corrected chi connectivity index (χ1v) is 15.7. The Morgan fingerprint density at radius 3 is 2.56 bits per heavy atom. The van der Waals surface area contributed by atoms with E-state index in [2.05, 4.69) is 20.8 Å². The molecule has 1 aliphatic heterocycles. The lowest BCUT2D eigenvalue weighted by atomic mass is 9.86. The van der Waals surface area contributed by atoms with E-state index in [4.69, 9.17) is 9.72 Å². The van der Waals surface area contributed by atoms with Crippen LogP contribution in [-0.2, 0) is 14.6 Å². The van der Waals surface area contributed by atoms with Crippen LogP contribution < -0.4 is 10.6 Å². The maximum atomic E-state index is 13.7. The van der Waals surface area contributed by atoms with Crippen LogP contribution in [-0.4, -0.2) is 72.1 Å². The number of amides is 1. The second-order valence-electron chi connectivity index (χ2n) is 10.9. The van der Waals surface area contributed by atoms with Gasteiger partial charge in [-0.05, 0) is 65.6 Å². The number of alkyl carbamates (subject to hydrolysis) is 1. The molecule has 3 heterocycles. The number of anilines is 2. The molecule has 3 aromatic rings. The number of nitrogens with one attached hydrogen (secondary N) is 3. The normalized spacial score (nSPS) is 20.5. The van der Waals surface area contributed by atoms with Gasteiger partial charge >= 0.3 is 6.09 Å². The number of aryl methyl sites for hydroxylation is 1. The number of carbonyl (C=O) groups excluding carboxylic acids is 1. The molecular weight excluding hydrogens is 536 g/mol. The molecule has 1 saturated heterocycles. The number of H-pyrrole nitrogens is 1. The standard InChI is InChI=1S/C27H36N6O4S2/c1-16(2)37-27(34)30-19-7-5-18(6-8-19)26-28-13-23(38-26)22-10-9-20(29-25-11-17(3)31-32-25)12-24(22)39(35,36)21-14-33(4)15-21/h9-13,16,18-19,21H,5-8,14-15H2,1-4H3,(H,30,34)(H2,29,31,32)/t18-,19-. The fraction of sp³-hybridized carbons (Fsp3) is 0.519. The molecule has 1 aromatic carbocycles. The zero-order valence-electron chi connectivity index (χ0n) is 22.7. The van der Waals surface area contributed by atoms with Gasteiger partial charge < -0.3 is 20.3 Å². The van der Waals surface area contributed by atoms with Crippen LogP contribution in [0.5, 0.6) is 0 Å². The minimum atomic E-state index is -3.55. The molecule has 0 unspecified atom stereocenters. The lowest BCUT2D eigenvalue weighted by molar-refractivity contribution is 0.109. The van der Waals surface area contributed by atoms with Crippen molar-refractivity contribution in [1.29, 1.82) is 0 Å². The zero-order chi connectivity index (χ0) is 27.7. The van der Waals surface area contributed by atoms with Crippen molar-refractivity contribution in [3.05, 3.63) is 41.2 Å². The Kier molecular flexibility index (Phi) is 7.97. The number of sulfone groups is 1. The molecule has 39 heavy (non-hydrogen) atoms. The summed E-state index contributed by atoms with van der Waals surface area (Å²) in [4.78, 5) is 19.9. The number of thiazole rings is 1. The van der Waals surface area contributed by atoms with Crippen molar-refractivity contribution < 1.29 is 17.9 Å². The van der Waals surface area contributed by atoms with Crippen LogP contribution >= 0.6 is 11.3 Å². The van der Waals surface area contributed by atoms with Crippen molar-refractivity contribution in [2.75, 3.05) is 25.5 Å². The summed E-state index contributed by atoms with van der Waals surface area (Å²) >= 11 is 1.56. The van der Waals surface area contributed by atoms with Crippen molar-refractivity contribution in [1.82, 2.24) is 25.4 Å². The van der Waals surface area contributed by atoms with E-state index in [0.717, 1.165) is 41.3 Å². The third-order valence-corrected chi connectivity index (χ3v) is 10.6. The SMILES string of the molecule is Cc1cc(Nc2ccc(-c3cnc([C@H]4CC[C@H](NC(=O)OC(C)C)CC4)s3)c(S(=O)(=O)C3CN(C)C3)c2)n[nH]1. The summed E-state index contributed by atoms with van der Waals surface area (Å²) in [5.74, 6) is 0.918. The first-order chi connectivity index (χ1) is 18.6. The summed E-state index contributed by atoms with van der Waals surface area (Å²) in [5.41, 5.74) is 2.27. The van der Waals surface area contributed by atoms with Crippen LogP contribution in [0.25, 0.3) is 10.4 Å². The smallest absolute Gasteiger partial charge is 0.407 e. The molecule has 210 valence electrons. The van der Waals surface area contributed by atoms with E-state index in [1.165, 1.54) is 0 Å². The van der Waals surface area contributed by atoms with Gasteiger partial charge in [0.1, 0.15) is 0 Å². The van der Waals surface area contributed by atoms with E-state index in [0.29, 0.717) is 35.1 Å². The second kappa shape index (κ2) is 11.3. The van der Waals surface area contributed by atoms with Crippen molar-refractivity contribution in [3.63, 3.8) is 0 Å². The van der Waals surface area contributed by atoms with Crippen LogP contribution in [0.1, 0.15) is 56.2 Å². The van der Waals surface area contributed by atoms with Crippen molar-refractivity contribution >= 4 is 38.8 Å². The number of benzene rings is 1. The Morgan fingerprint density at radius 1 is 1.18 bits per heavy atom. The minimum absolute atomic E-state index is 0.0997. The van der Waals surface area contributed by atoms with Crippen molar-refractivity contribution in [3.8, 4) is 10.4 Å². The maximum absolute atomic E-state index is 13.7. The molecular formula is C27H36N6O4S2. The van der Waals surface area contributed by atoms with E-state index in [1.807, 2.05) is 50.9 Å². The molecule has 0 radical (unpaired) electrons. The van der Waals surface area contributed by atoms with Crippen LogP contribution in [0.3, 0.4) is 0 Å². The number of likely N-dealkylation sites (tertiary alicyclic amines) is 1. The third kappa shape index (κ3) is 6.28. The number of aromatic nitrogens is 3. The summed E-state index contributed by atoms with van der Waals surface area (Å²) < 4.78 is 32.7. The van der Waals surface area contributed by atoms with E-state index >= 15 is 0 Å². The second-order valence-corrected chi connectivity index (χ2v) is 14.1. The van der Waals surface area contributed by atoms with E-state index < -0.39 is 15.1 Å². The van der Waals surface area contributed by atoms with Crippen LogP contribution in [0.4, 0.5) is 16.3 Å². The highest BCUT2D eigenvalue weighted by molar-refractivity contribution is 7.92. The van der Waals surface area contributed by atoms with E-state index in [1.54, 1.807) is 23.6 Å². The lowest BCUT2D eigenvalue weighted by Crippen LogP contribution is -2.52. The number of hydrogen-bond donors (Lipinski definition) is 3. The lowest BCUT2D eigenvalue weighted by Gasteiger charge is -2.35. The molecule has 3 N–H and O–H groups in total. The monoisotopic (exact) mass is 572 g/mol. The van der Waals surface area contributed by atoms with Gasteiger partial charge in [-0.2, -0.15) is 5.10 Å². The zero-order valence-corrected chi connectivity index (χ0v) is 24.4. The quantitative estimate of drug-likeness (QED) is 0.350. The molecule has 0 bridgehead atoms. The van der Waals surface area contributed by atoms with Crippen LogP contribution in [0, 0.1) is 6.92 Å². The maximum Gasteiger partial charge on any atom is 0.407 e. The van der Waals surface area contributed by atoms with Gasteiger partial charge in [0, 0.05) is 54.3 Å². The predicted molar refractivity (Wildman–Crippen MR) is 152 cm³/mol. The Morgan fingerprint density at radius 2 is 1.92 bits per heavy atom. The molecule has 10 nitrogen and oxygen atoms in total. The van der Waals surface area contributed by atoms with Gasteiger partial charge in [0.2, 0.25) is 0 Å². The average Bonchev–Trinajstić information content (AvgIpc) is 3.51. The first-order valence-electron chi connectivity index (χ1n) is 13.4. The molecule has 1 saturated carbocycles. The predicted octanol–water partition coefficient (Wildman–Crippen LogP) is 4.83. The van der Waals surface area contributed by atoms with Gasteiger partial charge in [-0.25, -0.2) is 18.2 Å². The number of carbonyl (C=O) groups is 1. The van der Waals surface area contributed by atoms with Gasteiger partial charge in [-0.15, -0.1) is 11.3 Å². The van der Waals surface area contributed by atoms with Gasteiger partial charge in [-0.3, -0.25) is 5.10 Å². The third-order valence-electron chi connectivity index (χ3n) is 7.27. The molecule has 1 aliphatic carbocycles. The average molecular weight is 573 g/mol. The van der Waals surface area contributed by atoms with Crippen LogP contribution in [0.15, 0.2) is 35.4 Å². The highest BCUT2D eigenvalue weighted by atomic mass is 32.2. The minimum Gasteiger partial charge on any atom is -0.447 e. The Balaban J connectivity index is 1.35. The topological polar surface area (TPSA) is 129 Å². The van der Waals surface area contributed by atoms with Gasteiger partial charge in [0.25, 0.3) is 0 Å². The van der Waals surface area contributed by atoms with Gasteiger partial charge in [0.15, 0.2) is 15.7 Å². The number of ether oxygens (including phenoxy) is 1. The van der Waals surface area contributed by atoms with E-state index in [9.17, 15) is 13.2 Å². The molecule has 0 spiro atoms. The largest absolute Gasteiger partial charge is 0.447 e. The Bertz CT molecular complexity index is 1420. The molecule has 12 heteroatoms. The van der Waals surface area contributed by atoms with Gasteiger partial charge in [-0.1, -0.05) is 6.07 Å². The molecule has 0 atom stereocenters. The number of nitrogens with zero attached hydrogens (tertiary/aromatic N) is 3. The number of aromatic amines is 1. The summed E-state index contributed by atoms with van der Waals surface area (Å²) in [5, 5.41) is 13.9.